The molecule has 0 aromatic heterocycles. The van der Waals surface area contributed by atoms with E-state index in [-0.39, 0.29) is 6.04 Å². The summed E-state index contributed by atoms with van der Waals surface area (Å²) in [6, 6.07) is 1.63. The molecule has 2 N–H and O–H groups in total. The Morgan fingerprint density at radius 3 is 2.68 bits per heavy atom. The van der Waals surface area contributed by atoms with Gasteiger partial charge in [0.1, 0.15) is 5.82 Å². The van der Waals surface area contributed by atoms with E-state index in [9.17, 15) is 22.4 Å². The van der Waals surface area contributed by atoms with Crippen molar-refractivity contribution < 1.29 is 22.4 Å². The number of rotatable bonds is 2. The topological polar surface area (TPSA) is 41.1 Å². The number of nitrogens with one attached hydrogen (secondary N) is 2. The molecule has 3 nitrogen and oxygen atoms in total. The standard InChI is InChI=1S/C12H12F4N2O/c13-10-2-1-7(12(14,15)16)5-9(10)11(19)18-8-3-4-17-6-8/h1-2,5,8,17H,3-4,6H2,(H,18,19)/t8-/m0/s1. The fourth-order valence-electron chi connectivity index (χ4n) is 1.92. The van der Waals surface area contributed by atoms with Crippen LogP contribution < -0.4 is 10.6 Å². The lowest BCUT2D eigenvalue weighted by atomic mass is 10.1. The maximum absolute atomic E-state index is 13.4. The average molecular weight is 276 g/mol. The molecule has 0 aliphatic carbocycles. The molecule has 1 saturated heterocycles. The Hall–Kier alpha value is -1.63. The molecule has 1 aliphatic heterocycles. The first-order valence-corrected chi connectivity index (χ1v) is 5.76. The van der Waals surface area contributed by atoms with Crippen molar-refractivity contribution >= 4 is 5.91 Å². The van der Waals surface area contributed by atoms with Gasteiger partial charge in [-0.2, -0.15) is 13.2 Å². The number of amides is 1. The van der Waals surface area contributed by atoms with Gasteiger partial charge >= 0.3 is 6.18 Å². The summed E-state index contributed by atoms with van der Waals surface area (Å²) in [7, 11) is 0. The highest BCUT2D eigenvalue weighted by atomic mass is 19.4. The van der Waals surface area contributed by atoms with Crippen LogP contribution in [-0.2, 0) is 6.18 Å². The minimum absolute atomic E-state index is 0.179. The molecule has 104 valence electrons. The molecular formula is C12H12F4N2O. The maximum Gasteiger partial charge on any atom is 0.416 e. The molecule has 2 rings (SSSR count). The van der Waals surface area contributed by atoms with Crippen LogP contribution in [-0.4, -0.2) is 25.0 Å². The van der Waals surface area contributed by atoms with Gasteiger partial charge in [-0.25, -0.2) is 4.39 Å². The van der Waals surface area contributed by atoms with Crippen molar-refractivity contribution in [2.24, 2.45) is 0 Å². The monoisotopic (exact) mass is 276 g/mol. The Morgan fingerprint density at radius 1 is 1.37 bits per heavy atom. The third-order valence-electron chi connectivity index (χ3n) is 2.93. The zero-order valence-electron chi connectivity index (χ0n) is 9.85. The third kappa shape index (κ3) is 3.23. The Bertz CT molecular complexity index is 481. The SMILES string of the molecule is O=C(N[C@H]1CCNC1)c1cc(C(F)(F)F)ccc1F. The molecule has 0 bridgehead atoms. The number of hydrogen-bond donors (Lipinski definition) is 2. The molecule has 1 aromatic carbocycles. The Morgan fingerprint density at radius 2 is 2.11 bits per heavy atom. The Labute approximate surface area is 107 Å². The fourth-order valence-corrected chi connectivity index (χ4v) is 1.92. The zero-order chi connectivity index (χ0) is 14.0. The van der Waals surface area contributed by atoms with Crippen LogP contribution in [0.15, 0.2) is 18.2 Å². The van der Waals surface area contributed by atoms with Crippen molar-refractivity contribution in [1.29, 1.82) is 0 Å². The van der Waals surface area contributed by atoms with Crippen molar-refractivity contribution in [2.75, 3.05) is 13.1 Å². The first-order chi connectivity index (χ1) is 8.88. The van der Waals surface area contributed by atoms with E-state index in [4.69, 9.17) is 0 Å². The van der Waals surface area contributed by atoms with E-state index in [0.29, 0.717) is 31.2 Å². The van der Waals surface area contributed by atoms with Gasteiger partial charge in [-0.1, -0.05) is 0 Å². The molecule has 1 heterocycles. The number of carbonyl (C=O) groups excluding carboxylic acids is 1. The molecule has 0 spiro atoms. The predicted octanol–water partition coefficient (Wildman–Crippen LogP) is 1.94. The van der Waals surface area contributed by atoms with Gasteiger partial charge in [-0.15, -0.1) is 0 Å². The second-order valence-electron chi connectivity index (χ2n) is 4.36. The number of benzene rings is 1. The summed E-state index contributed by atoms with van der Waals surface area (Å²) in [6.07, 6.45) is -3.93. The van der Waals surface area contributed by atoms with Crippen LogP contribution in [0.3, 0.4) is 0 Å². The highest BCUT2D eigenvalue weighted by Gasteiger charge is 2.32. The zero-order valence-corrected chi connectivity index (χ0v) is 9.85. The molecule has 1 amide bonds. The fraction of sp³-hybridized carbons (Fsp3) is 0.417. The second kappa shape index (κ2) is 5.16. The van der Waals surface area contributed by atoms with Gasteiger partial charge in [0, 0.05) is 12.6 Å². The van der Waals surface area contributed by atoms with Crippen LogP contribution in [0.1, 0.15) is 22.3 Å². The molecule has 0 radical (unpaired) electrons. The van der Waals surface area contributed by atoms with Crippen LogP contribution in [0, 0.1) is 5.82 Å². The van der Waals surface area contributed by atoms with Crippen molar-refractivity contribution in [3.05, 3.63) is 35.1 Å². The first kappa shape index (κ1) is 13.8. The highest BCUT2D eigenvalue weighted by molar-refractivity contribution is 5.94. The minimum Gasteiger partial charge on any atom is -0.348 e. The largest absolute Gasteiger partial charge is 0.416 e. The summed E-state index contributed by atoms with van der Waals surface area (Å²) in [4.78, 5) is 11.8. The summed E-state index contributed by atoms with van der Waals surface area (Å²) in [5.41, 5.74) is -1.62. The van der Waals surface area contributed by atoms with E-state index in [1.54, 1.807) is 0 Å². The summed E-state index contributed by atoms with van der Waals surface area (Å²) in [5, 5.41) is 5.50. The summed E-state index contributed by atoms with van der Waals surface area (Å²) in [6.45, 7) is 1.25. The summed E-state index contributed by atoms with van der Waals surface area (Å²) < 4.78 is 50.9. The molecule has 1 fully saturated rings. The van der Waals surface area contributed by atoms with Crippen LogP contribution in [0.25, 0.3) is 0 Å². The van der Waals surface area contributed by atoms with E-state index in [0.717, 1.165) is 6.54 Å². The number of alkyl halides is 3. The van der Waals surface area contributed by atoms with Crippen LogP contribution in [0.2, 0.25) is 0 Å². The first-order valence-electron chi connectivity index (χ1n) is 5.76. The van der Waals surface area contributed by atoms with E-state index in [1.165, 1.54) is 0 Å². The van der Waals surface area contributed by atoms with Crippen molar-refractivity contribution in [3.8, 4) is 0 Å². The predicted molar refractivity (Wildman–Crippen MR) is 60.1 cm³/mol. The molecule has 19 heavy (non-hydrogen) atoms. The van der Waals surface area contributed by atoms with Crippen LogP contribution >= 0.6 is 0 Å². The maximum atomic E-state index is 13.4. The van der Waals surface area contributed by atoms with Gasteiger partial charge in [-0.05, 0) is 31.2 Å². The van der Waals surface area contributed by atoms with Crippen molar-refractivity contribution in [3.63, 3.8) is 0 Å². The van der Waals surface area contributed by atoms with Crippen LogP contribution in [0.4, 0.5) is 17.6 Å². The number of carbonyl (C=O) groups is 1. The quantitative estimate of drug-likeness (QED) is 0.810. The molecule has 1 aromatic rings. The second-order valence-corrected chi connectivity index (χ2v) is 4.36. The molecule has 0 saturated carbocycles. The molecule has 7 heteroatoms. The lowest BCUT2D eigenvalue weighted by Gasteiger charge is -2.13. The van der Waals surface area contributed by atoms with Gasteiger partial charge in [-0.3, -0.25) is 4.79 Å². The van der Waals surface area contributed by atoms with Gasteiger partial charge in [0.15, 0.2) is 0 Å². The molecular weight excluding hydrogens is 264 g/mol. The Balaban J connectivity index is 2.20. The lowest BCUT2D eigenvalue weighted by molar-refractivity contribution is -0.137. The van der Waals surface area contributed by atoms with E-state index < -0.39 is 29.0 Å². The smallest absolute Gasteiger partial charge is 0.348 e. The van der Waals surface area contributed by atoms with E-state index in [1.807, 2.05) is 0 Å². The molecule has 1 atom stereocenters. The van der Waals surface area contributed by atoms with Gasteiger partial charge in [0.05, 0.1) is 11.1 Å². The average Bonchev–Trinajstić information content (AvgIpc) is 2.80. The van der Waals surface area contributed by atoms with Crippen LogP contribution in [0.5, 0.6) is 0 Å². The summed E-state index contributed by atoms with van der Waals surface area (Å²) in [5.74, 6) is -1.78. The van der Waals surface area contributed by atoms with Crippen molar-refractivity contribution in [1.82, 2.24) is 10.6 Å². The minimum atomic E-state index is -4.60. The summed E-state index contributed by atoms with van der Waals surface area (Å²) >= 11 is 0. The number of halogens is 4. The normalized spacial score (nSPS) is 19.5. The highest BCUT2D eigenvalue weighted by Crippen LogP contribution is 2.30. The van der Waals surface area contributed by atoms with E-state index in [2.05, 4.69) is 10.6 Å². The van der Waals surface area contributed by atoms with Gasteiger partial charge in [0.25, 0.3) is 5.91 Å². The molecule has 1 aliphatic rings. The third-order valence-corrected chi connectivity index (χ3v) is 2.93. The van der Waals surface area contributed by atoms with Crippen molar-refractivity contribution in [2.45, 2.75) is 18.6 Å². The number of hydrogen-bond acceptors (Lipinski definition) is 2. The molecule has 0 unspecified atom stereocenters. The van der Waals surface area contributed by atoms with Gasteiger partial charge in [0.2, 0.25) is 0 Å². The van der Waals surface area contributed by atoms with Gasteiger partial charge < -0.3 is 10.6 Å². The van der Waals surface area contributed by atoms with E-state index >= 15 is 0 Å². The lowest BCUT2D eigenvalue weighted by Crippen LogP contribution is -2.36. The Kier molecular flexibility index (Phi) is 3.75.